The Kier molecular flexibility index (Phi) is 4.09. The highest BCUT2D eigenvalue weighted by Crippen LogP contribution is 2.34. The first-order chi connectivity index (χ1) is 7.86. The van der Waals surface area contributed by atoms with Crippen LogP contribution in [-0.2, 0) is 0 Å². The summed E-state index contributed by atoms with van der Waals surface area (Å²) in [6, 6.07) is 4.48. The molecule has 1 atom stereocenters. The summed E-state index contributed by atoms with van der Waals surface area (Å²) in [6.07, 6.45) is -6.34. The highest BCUT2D eigenvalue weighted by molar-refractivity contribution is 5.62. The number of hydrogen-bond acceptors (Lipinski definition) is 3. The van der Waals surface area contributed by atoms with Crippen LogP contribution < -0.4 is 15.2 Å². The van der Waals surface area contributed by atoms with Gasteiger partial charge in [0.2, 0.25) is 0 Å². The highest BCUT2D eigenvalue weighted by Gasteiger charge is 2.38. The van der Waals surface area contributed by atoms with E-state index in [0.717, 1.165) is 6.92 Å². The molecule has 1 rings (SSSR count). The Balaban J connectivity index is 2.88. The van der Waals surface area contributed by atoms with Crippen LogP contribution in [0.25, 0.3) is 0 Å². The van der Waals surface area contributed by atoms with Crippen LogP contribution in [0, 0.1) is 0 Å². The second-order valence-corrected chi connectivity index (χ2v) is 3.40. The van der Waals surface area contributed by atoms with Gasteiger partial charge in [0.1, 0.15) is 17.2 Å². The van der Waals surface area contributed by atoms with E-state index in [1.807, 2.05) is 0 Å². The van der Waals surface area contributed by atoms with Crippen LogP contribution in [0.1, 0.15) is 13.8 Å². The molecular weight excluding hydrogens is 235 g/mol. The van der Waals surface area contributed by atoms with Gasteiger partial charge in [0.15, 0.2) is 6.10 Å². The predicted octanol–water partition coefficient (Wildman–Crippen LogP) is 3.00. The molecule has 0 heterocycles. The van der Waals surface area contributed by atoms with Gasteiger partial charge in [-0.1, -0.05) is 6.07 Å². The lowest BCUT2D eigenvalue weighted by Gasteiger charge is -2.19. The lowest BCUT2D eigenvalue weighted by molar-refractivity contribution is -0.189. The van der Waals surface area contributed by atoms with Gasteiger partial charge in [0, 0.05) is 0 Å². The fourth-order valence-electron chi connectivity index (χ4n) is 1.17. The minimum Gasteiger partial charge on any atom is -0.492 e. The molecule has 0 fully saturated rings. The summed E-state index contributed by atoms with van der Waals surface area (Å²) >= 11 is 0. The van der Waals surface area contributed by atoms with Gasteiger partial charge >= 0.3 is 6.18 Å². The van der Waals surface area contributed by atoms with Gasteiger partial charge in [-0.25, -0.2) is 0 Å². The number of nitrogen functional groups attached to an aromatic ring is 1. The molecule has 2 N–H and O–H groups in total. The van der Waals surface area contributed by atoms with Crippen molar-refractivity contribution in [2.24, 2.45) is 0 Å². The first-order valence-corrected chi connectivity index (χ1v) is 5.11. The number of halogens is 3. The van der Waals surface area contributed by atoms with Crippen LogP contribution in [-0.4, -0.2) is 18.9 Å². The third-order valence-electron chi connectivity index (χ3n) is 2.09. The second-order valence-electron chi connectivity index (χ2n) is 3.40. The van der Waals surface area contributed by atoms with Crippen LogP contribution in [0.15, 0.2) is 18.2 Å². The number of rotatable bonds is 4. The minimum atomic E-state index is -4.42. The van der Waals surface area contributed by atoms with Crippen molar-refractivity contribution < 1.29 is 22.6 Å². The number of para-hydroxylation sites is 1. The molecule has 6 heteroatoms. The van der Waals surface area contributed by atoms with E-state index in [1.54, 1.807) is 13.0 Å². The van der Waals surface area contributed by atoms with E-state index in [-0.39, 0.29) is 11.4 Å². The van der Waals surface area contributed by atoms with E-state index in [1.165, 1.54) is 12.1 Å². The summed E-state index contributed by atoms with van der Waals surface area (Å²) in [5, 5.41) is 0. The summed E-state index contributed by atoms with van der Waals surface area (Å²) in [5.74, 6) is 0.292. The number of hydrogen-bond donors (Lipinski definition) is 1. The van der Waals surface area contributed by atoms with Crippen molar-refractivity contribution in [1.29, 1.82) is 0 Å². The second kappa shape index (κ2) is 5.16. The molecule has 0 aliphatic carbocycles. The zero-order valence-electron chi connectivity index (χ0n) is 9.54. The van der Waals surface area contributed by atoms with Crippen molar-refractivity contribution in [2.45, 2.75) is 26.1 Å². The Morgan fingerprint density at radius 1 is 1.29 bits per heavy atom. The molecular formula is C11H14F3NO2. The first-order valence-electron chi connectivity index (χ1n) is 5.11. The van der Waals surface area contributed by atoms with Crippen molar-refractivity contribution in [1.82, 2.24) is 0 Å². The van der Waals surface area contributed by atoms with Crippen LogP contribution >= 0.6 is 0 Å². The third kappa shape index (κ3) is 3.44. The Hall–Kier alpha value is -1.59. The molecule has 17 heavy (non-hydrogen) atoms. The molecule has 3 nitrogen and oxygen atoms in total. The molecule has 0 aliphatic heterocycles. The number of alkyl halides is 3. The van der Waals surface area contributed by atoms with Gasteiger partial charge in [0.05, 0.1) is 6.61 Å². The molecule has 0 spiro atoms. The molecule has 0 aromatic heterocycles. The van der Waals surface area contributed by atoms with E-state index in [2.05, 4.69) is 0 Å². The Bertz CT molecular complexity index is 379. The number of benzene rings is 1. The SMILES string of the molecule is CCOc1cccc(OC(C)C(F)(F)F)c1N. The molecule has 96 valence electrons. The molecule has 0 aliphatic rings. The van der Waals surface area contributed by atoms with Gasteiger partial charge in [0.25, 0.3) is 0 Å². The molecule has 1 unspecified atom stereocenters. The van der Waals surface area contributed by atoms with Crippen LogP contribution in [0.4, 0.5) is 18.9 Å². The number of ether oxygens (including phenoxy) is 2. The maximum absolute atomic E-state index is 12.3. The normalized spacial score (nSPS) is 13.2. The molecule has 0 radical (unpaired) electrons. The average molecular weight is 249 g/mol. The van der Waals surface area contributed by atoms with Crippen LogP contribution in [0.5, 0.6) is 11.5 Å². The lowest BCUT2D eigenvalue weighted by Crippen LogP contribution is -2.31. The fraction of sp³-hybridized carbons (Fsp3) is 0.455. The zero-order valence-corrected chi connectivity index (χ0v) is 9.54. The molecule has 1 aromatic carbocycles. The zero-order chi connectivity index (χ0) is 13.1. The average Bonchev–Trinajstić information content (AvgIpc) is 2.22. The molecule has 1 aromatic rings. The van der Waals surface area contributed by atoms with Gasteiger partial charge in [-0.05, 0) is 26.0 Å². The first kappa shape index (κ1) is 13.5. The Morgan fingerprint density at radius 3 is 2.41 bits per heavy atom. The Morgan fingerprint density at radius 2 is 1.88 bits per heavy atom. The molecule has 0 bridgehead atoms. The predicted molar refractivity (Wildman–Crippen MR) is 58.2 cm³/mol. The van der Waals surface area contributed by atoms with Gasteiger partial charge in [-0.2, -0.15) is 13.2 Å². The summed E-state index contributed by atoms with van der Waals surface area (Å²) in [6.45, 7) is 3.06. The van der Waals surface area contributed by atoms with Gasteiger partial charge in [-0.15, -0.1) is 0 Å². The highest BCUT2D eigenvalue weighted by atomic mass is 19.4. The fourth-order valence-corrected chi connectivity index (χ4v) is 1.17. The van der Waals surface area contributed by atoms with Crippen molar-refractivity contribution in [3.05, 3.63) is 18.2 Å². The standard InChI is InChI=1S/C11H14F3NO2/c1-3-16-8-5-4-6-9(10(8)15)17-7(2)11(12,13)14/h4-7H,3,15H2,1-2H3. The largest absolute Gasteiger partial charge is 0.492 e. The number of anilines is 1. The van der Waals surface area contributed by atoms with Gasteiger partial charge in [-0.3, -0.25) is 0 Å². The van der Waals surface area contributed by atoms with Crippen molar-refractivity contribution in [3.8, 4) is 11.5 Å². The topological polar surface area (TPSA) is 44.5 Å². The van der Waals surface area contributed by atoms with Crippen LogP contribution in [0.3, 0.4) is 0 Å². The van der Waals surface area contributed by atoms with E-state index < -0.39 is 12.3 Å². The van der Waals surface area contributed by atoms with Crippen molar-refractivity contribution >= 4 is 5.69 Å². The van der Waals surface area contributed by atoms with E-state index in [4.69, 9.17) is 15.2 Å². The quantitative estimate of drug-likeness (QED) is 0.834. The van der Waals surface area contributed by atoms with Crippen LogP contribution in [0.2, 0.25) is 0 Å². The summed E-state index contributed by atoms with van der Waals surface area (Å²) in [4.78, 5) is 0. The lowest BCUT2D eigenvalue weighted by atomic mass is 10.2. The summed E-state index contributed by atoms with van der Waals surface area (Å²) < 4.78 is 46.9. The maximum Gasteiger partial charge on any atom is 0.425 e. The maximum atomic E-state index is 12.3. The van der Waals surface area contributed by atoms with Crippen molar-refractivity contribution in [3.63, 3.8) is 0 Å². The molecule has 0 saturated carbocycles. The Labute approximate surface area is 97.3 Å². The van der Waals surface area contributed by atoms with Gasteiger partial charge < -0.3 is 15.2 Å². The smallest absolute Gasteiger partial charge is 0.425 e. The molecule has 0 saturated heterocycles. The monoisotopic (exact) mass is 249 g/mol. The summed E-state index contributed by atoms with van der Waals surface area (Å²) in [7, 11) is 0. The minimum absolute atomic E-state index is 0.0271. The van der Waals surface area contributed by atoms with E-state index >= 15 is 0 Å². The number of nitrogens with two attached hydrogens (primary N) is 1. The van der Waals surface area contributed by atoms with E-state index in [9.17, 15) is 13.2 Å². The van der Waals surface area contributed by atoms with E-state index in [0.29, 0.717) is 12.4 Å². The van der Waals surface area contributed by atoms with Crippen molar-refractivity contribution in [2.75, 3.05) is 12.3 Å². The molecule has 0 amide bonds. The summed E-state index contributed by atoms with van der Waals surface area (Å²) in [5.41, 5.74) is 5.72. The third-order valence-corrected chi connectivity index (χ3v) is 2.09.